The van der Waals surface area contributed by atoms with Crippen LogP contribution < -0.4 is 10.1 Å². The molecule has 6 heteroatoms. The first-order valence-corrected chi connectivity index (χ1v) is 8.21. The van der Waals surface area contributed by atoms with E-state index in [1.807, 2.05) is 13.0 Å². The largest absolute Gasteiger partial charge is 0.479 e. The standard InChI is InChI=1S/C19H21ClN2O3/c1-12-8-9-16(20)17(10-12)25-13(2)18(23)21-15-7-5-6-14(11-15)19(24)22(3)4/h5-11,13H,1-4H3,(H,21,23). The van der Waals surface area contributed by atoms with Crippen LogP contribution >= 0.6 is 11.6 Å². The molecule has 1 N–H and O–H groups in total. The molecule has 0 heterocycles. The fourth-order valence-corrected chi connectivity index (χ4v) is 2.34. The highest BCUT2D eigenvalue weighted by Crippen LogP contribution is 2.26. The molecule has 0 saturated carbocycles. The number of nitrogens with zero attached hydrogens (tertiary/aromatic N) is 1. The number of amides is 2. The monoisotopic (exact) mass is 360 g/mol. The van der Waals surface area contributed by atoms with Gasteiger partial charge in [0.1, 0.15) is 5.75 Å². The Morgan fingerprint density at radius 1 is 1.16 bits per heavy atom. The molecule has 25 heavy (non-hydrogen) atoms. The fraction of sp³-hybridized carbons (Fsp3) is 0.263. The zero-order chi connectivity index (χ0) is 18.6. The SMILES string of the molecule is Cc1ccc(Cl)c(OC(C)C(=O)Nc2cccc(C(=O)N(C)C)c2)c1. The summed E-state index contributed by atoms with van der Waals surface area (Å²) in [6, 6.07) is 12.1. The van der Waals surface area contributed by atoms with Crippen molar-refractivity contribution in [1.29, 1.82) is 0 Å². The van der Waals surface area contributed by atoms with Crippen LogP contribution in [0.25, 0.3) is 0 Å². The Balaban J connectivity index is 2.07. The summed E-state index contributed by atoms with van der Waals surface area (Å²) in [7, 11) is 3.35. The fourth-order valence-electron chi connectivity index (χ4n) is 2.18. The molecular weight excluding hydrogens is 340 g/mol. The van der Waals surface area contributed by atoms with Gasteiger partial charge < -0.3 is 15.0 Å². The van der Waals surface area contributed by atoms with E-state index in [1.54, 1.807) is 57.4 Å². The number of carbonyl (C=O) groups is 2. The van der Waals surface area contributed by atoms with Gasteiger partial charge in [-0.05, 0) is 49.7 Å². The smallest absolute Gasteiger partial charge is 0.265 e. The molecule has 5 nitrogen and oxygen atoms in total. The number of nitrogens with one attached hydrogen (secondary N) is 1. The second-order valence-corrected chi connectivity index (χ2v) is 6.37. The van der Waals surface area contributed by atoms with Gasteiger partial charge in [0.15, 0.2) is 6.10 Å². The van der Waals surface area contributed by atoms with Crippen LogP contribution in [0.5, 0.6) is 5.75 Å². The van der Waals surface area contributed by atoms with Gasteiger partial charge in [0.05, 0.1) is 5.02 Å². The Bertz CT molecular complexity index is 790. The van der Waals surface area contributed by atoms with Crippen molar-refractivity contribution in [3.8, 4) is 5.75 Å². The Morgan fingerprint density at radius 3 is 2.56 bits per heavy atom. The second-order valence-electron chi connectivity index (χ2n) is 5.96. The van der Waals surface area contributed by atoms with E-state index >= 15 is 0 Å². The molecule has 0 saturated heterocycles. The van der Waals surface area contributed by atoms with E-state index in [9.17, 15) is 9.59 Å². The lowest BCUT2D eigenvalue weighted by Crippen LogP contribution is -2.30. The Hall–Kier alpha value is -2.53. The average molecular weight is 361 g/mol. The van der Waals surface area contributed by atoms with Crippen LogP contribution in [0.3, 0.4) is 0 Å². The summed E-state index contributed by atoms with van der Waals surface area (Å²) in [5, 5.41) is 3.20. The first kappa shape index (κ1) is 18.8. The molecule has 0 spiro atoms. The minimum Gasteiger partial charge on any atom is -0.479 e. The van der Waals surface area contributed by atoms with Crippen LogP contribution in [0.15, 0.2) is 42.5 Å². The quantitative estimate of drug-likeness (QED) is 0.883. The lowest BCUT2D eigenvalue weighted by atomic mass is 10.1. The van der Waals surface area contributed by atoms with Crippen molar-refractivity contribution in [2.45, 2.75) is 20.0 Å². The number of carbonyl (C=O) groups excluding carboxylic acids is 2. The van der Waals surface area contributed by atoms with Crippen LogP contribution in [0.2, 0.25) is 5.02 Å². The zero-order valence-electron chi connectivity index (χ0n) is 14.7. The summed E-state index contributed by atoms with van der Waals surface area (Å²) in [4.78, 5) is 25.8. The Kier molecular flexibility index (Phi) is 6.04. The first-order chi connectivity index (χ1) is 11.8. The maximum Gasteiger partial charge on any atom is 0.265 e. The molecule has 0 radical (unpaired) electrons. The maximum atomic E-state index is 12.4. The normalized spacial score (nSPS) is 11.6. The van der Waals surface area contributed by atoms with Crippen molar-refractivity contribution in [2.24, 2.45) is 0 Å². The highest BCUT2D eigenvalue weighted by molar-refractivity contribution is 6.32. The number of rotatable bonds is 5. The van der Waals surface area contributed by atoms with E-state index in [0.29, 0.717) is 22.0 Å². The van der Waals surface area contributed by atoms with Crippen LogP contribution in [-0.4, -0.2) is 36.9 Å². The van der Waals surface area contributed by atoms with Gasteiger partial charge in [0.2, 0.25) is 0 Å². The summed E-state index contributed by atoms with van der Waals surface area (Å²) >= 11 is 6.09. The topological polar surface area (TPSA) is 58.6 Å². The molecule has 0 aliphatic heterocycles. The number of halogens is 1. The highest BCUT2D eigenvalue weighted by Gasteiger charge is 2.17. The number of benzene rings is 2. The van der Waals surface area contributed by atoms with Gasteiger partial charge in [-0.25, -0.2) is 0 Å². The van der Waals surface area contributed by atoms with Crippen molar-refractivity contribution in [3.05, 3.63) is 58.6 Å². The molecule has 2 aromatic carbocycles. The van der Waals surface area contributed by atoms with Gasteiger partial charge in [-0.3, -0.25) is 9.59 Å². The average Bonchev–Trinajstić information content (AvgIpc) is 2.57. The van der Waals surface area contributed by atoms with Crippen molar-refractivity contribution < 1.29 is 14.3 Å². The minimum atomic E-state index is -0.743. The third-order valence-corrected chi connectivity index (χ3v) is 3.86. The van der Waals surface area contributed by atoms with Crippen molar-refractivity contribution in [3.63, 3.8) is 0 Å². The first-order valence-electron chi connectivity index (χ1n) is 7.83. The van der Waals surface area contributed by atoms with Gasteiger partial charge in [0.25, 0.3) is 11.8 Å². The summed E-state index contributed by atoms with van der Waals surface area (Å²) in [6.07, 6.45) is -0.743. The minimum absolute atomic E-state index is 0.132. The van der Waals surface area contributed by atoms with Gasteiger partial charge in [-0.2, -0.15) is 0 Å². The highest BCUT2D eigenvalue weighted by atomic mass is 35.5. The lowest BCUT2D eigenvalue weighted by Gasteiger charge is -2.17. The lowest BCUT2D eigenvalue weighted by molar-refractivity contribution is -0.122. The number of anilines is 1. The molecule has 1 unspecified atom stereocenters. The number of hydrogen-bond acceptors (Lipinski definition) is 3. The summed E-state index contributed by atoms with van der Waals surface area (Å²) in [5.41, 5.74) is 2.02. The van der Waals surface area contributed by atoms with Crippen LogP contribution in [0.4, 0.5) is 5.69 Å². The summed E-state index contributed by atoms with van der Waals surface area (Å²) in [5.74, 6) is -0.000169. The Morgan fingerprint density at radius 2 is 1.88 bits per heavy atom. The van der Waals surface area contributed by atoms with Gasteiger partial charge in [-0.1, -0.05) is 23.7 Å². The number of ether oxygens (including phenoxy) is 1. The summed E-state index contributed by atoms with van der Waals surface area (Å²) in [6.45, 7) is 3.56. The van der Waals surface area contributed by atoms with Crippen molar-refractivity contribution in [1.82, 2.24) is 4.90 Å². The predicted molar refractivity (Wildman–Crippen MR) is 99.4 cm³/mol. The molecule has 0 fully saturated rings. The third-order valence-electron chi connectivity index (χ3n) is 3.54. The number of aryl methyl sites for hydroxylation is 1. The summed E-state index contributed by atoms with van der Waals surface area (Å²) < 4.78 is 5.66. The molecule has 2 aromatic rings. The third kappa shape index (κ3) is 4.97. The van der Waals surface area contributed by atoms with E-state index in [2.05, 4.69) is 5.32 Å². The van der Waals surface area contributed by atoms with Crippen molar-refractivity contribution in [2.75, 3.05) is 19.4 Å². The molecule has 2 amide bonds. The molecule has 0 aliphatic rings. The molecule has 0 bridgehead atoms. The second kappa shape index (κ2) is 8.03. The zero-order valence-corrected chi connectivity index (χ0v) is 15.4. The van der Waals surface area contributed by atoms with Gasteiger partial charge in [0, 0.05) is 25.3 Å². The van der Waals surface area contributed by atoms with E-state index in [0.717, 1.165) is 5.56 Å². The van der Waals surface area contributed by atoms with E-state index in [4.69, 9.17) is 16.3 Å². The molecular formula is C19H21ClN2O3. The van der Waals surface area contributed by atoms with Crippen LogP contribution in [-0.2, 0) is 4.79 Å². The van der Waals surface area contributed by atoms with Gasteiger partial charge >= 0.3 is 0 Å². The molecule has 0 aromatic heterocycles. The predicted octanol–water partition coefficient (Wildman–Crippen LogP) is 3.76. The van der Waals surface area contributed by atoms with E-state index in [-0.39, 0.29) is 11.8 Å². The number of hydrogen-bond donors (Lipinski definition) is 1. The van der Waals surface area contributed by atoms with Crippen LogP contribution in [0, 0.1) is 6.92 Å². The van der Waals surface area contributed by atoms with E-state index < -0.39 is 6.10 Å². The molecule has 0 aliphatic carbocycles. The van der Waals surface area contributed by atoms with Gasteiger partial charge in [-0.15, -0.1) is 0 Å². The molecule has 132 valence electrons. The maximum absolute atomic E-state index is 12.4. The Labute approximate surface area is 152 Å². The molecule has 1 atom stereocenters. The van der Waals surface area contributed by atoms with Crippen LogP contribution in [0.1, 0.15) is 22.8 Å². The van der Waals surface area contributed by atoms with Crippen molar-refractivity contribution >= 4 is 29.1 Å². The van der Waals surface area contributed by atoms with E-state index in [1.165, 1.54) is 4.90 Å². The molecule has 2 rings (SSSR count).